The SMILES string of the molecule is CCCN(CC(F)(F)F)CC(C)(CO)NC(C)C. The Morgan fingerprint density at radius 3 is 2.11 bits per heavy atom. The van der Waals surface area contributed by atoms with Crippen LogP contribution < -0.4 is 5.32 Å². The van der Waals surface area contributed by atoms with Crippen LogP contribution in [-0.2, 0) is 0 Å². The summed E-state index contributed by atoms with van der Waals surface area (Å²) in [6.45, 7) is 6.81. The maximum Gasteiger partial charge on any atom is 0.401 e. The van der Waals surface area contributed by atoms with Gasteiger partial charge in [0.15, 0.2) is 0 Å². The molecule has 1 unspecified atom stereocenters. The van der Waals surface area contributed by atoms with Crippen LogP contribution in [0.2, 0.25) is 0 Å². The van der Waals surface area contributed by atoms with Crippen LogP contribution in [0.25, 0.3) is 0 Å². The van der Waals surface area contributed by atoms with Crippen molar-refractivity contribution >= 4 is 0 Å². The van der Waals surface area contributed by atoms with Crippen molar-refractivity contribution in [2.45, 2.75) is 51.9 Å². The van der Waals surface area contributed by atoms with Gasteiger partial charge in [0.05, 0.1) is 18.7 Å². The van der Waals surface area contributed by atoms with Gasteiger partial charge >= 0.3 is 6.18 Å². The lowest BCUT2D eigenvalue weighted by molar-refractivity contribution is -0.148. The number of aliphatic hydroxyl groups excluding tert-OH is 1. The Hall–Kier alpha value is -0.330. The lowest BCUT2D eigenvalue weighted by atomic mass is 10.0. The largest absolute Gasteiger partial charge is 0.401 e. The third-order valence-electron chi connectivity index (χ3n) is 2.50. The second-order valence-corrected chi connectivity index (χ2v) is 5.34. The monoisotopic (exact) mass is 270 g/mol. The van der Waals surface area contributed by atoms with E-state index in [4.69, 9.17) is 0 Å². The van der Waals surface area contributed by atoms with E-state index in [1.165, 1.54) is 4.90 Å². The van der Waals surface area contributed by atoms with Crippen LogP contribution in [-0.4, -0.2) is 54.0 Å². The summed E-state index contributed by atoms with van der Waals surface area (Å²) in [6.07, 6.45) is -3.55. The van der Waals surface area contributed by atoms with E-state index in [2.05, 4.69) is 5.32 Å². The van der Waals surface area contributed by atoms with Crippen LogP contribution in [0.5, 0.6) is 0 Å². The average Bonchev–Trinajstić information content (AvgIpc) is 2.13. The number of aliphatic hydroxyl groups is 1. The smallest absolute Gasteiger partial charge is 0.394 e. The molecule has 0 aliphatic heterocycles. The first-order valence-electron chi connectivity index (χ1n) is 6.29. The summed E-state index contributed by atoms with van der Waals surface area (Å²) in [6, 6.07) is 0.108. The average molecular weight is 270 g/mol. The molecule has 3 nitrogen and oxygen atoms in total. The van der Waals surface area contributed by atoms with Crippen molar-refractivity contribution in [3.8, 4) is 0 Å². The summed E-state index contributed by atoms with van der Waals surface area (Å²) in [5.41, 5.74) is -0.714. The zero-order valence-corrected chi connectivity index (χ0v) is 11.6. The van der Waals surface area contributed by atoms with Crippen molar-refractivity contribution in [1.82, 2.24) is 10.2 Å². The van der Waals surface area contributed by atoms with Crippen molar-refractivity contribution in [3.63, 3.8) is 0 Å². The Bertz CT molecular complexity index is 234. The number of nitrogens with one attached hydrogen (secondary N) is 1. The van der Waals surface area contributed by atoms with Crippen LogP contribution in [0.4, 0.5) is 13.2 Å². The molecule has 0 saturated heterocycles. The fourth-order valence-electron chi connectivity index (χ4n) is 2.12. The Labute approximate surface area is 107 Å². The zero-order valence-electron chi connectivity index (χ0n) is 11.6. The number of nitrogens with zero attached hydrogens (tertiary/aromatic N) is 1. The van der Waals surface area contributed by atoms with E-state index < -0.39 is 18.3 Å². The Morgan fingerprint density at radius 2 is 1.78 bits per heavy atom. The molecule has 0 aliphatic rings. The molecule has 0 aliphatic carbocycles. The molecule has 110 valence electrons. The summed E-state index contributed by atoms with van der Waals surface area (Å²) in [5, 5.41) is 12.5. The van der Waals surface area contributed by atoms with Crippen molar-refractivity contribution in [2.75, 3.05) is 26.2 Å². The number of hydrogen-bond acceptors (Lipinski definition) is 3. The maximum absolute atomic E-state index is 12.4. The van der Waals surface area contributed by atoms with E-state index in [9.17, 15) is 18.3 Å². The molecule has 6 heteroatoms. The molecule has 0 saturated carbocycles. The van der Waals surface area contributed by atoms with E-state index in [1.54, 1.807) is 6.92 Å². The summed E-state index contributed by atoms with van der Waals surface area (Å²) in [5.74, 6) is 0. The third-order valence-corrected chi connectivity index (χ3v) is 2.50. The Kier molecular flexibility index (Phi) is 7.17. The van der Waals surface area contributed by atoms with Crippen molar-refractivity contribution < 1.29 is 18.3 Å². The van der Waals surface area contributed by atoms with Gasteiger partial charge in [-0.15, -0.1) is 0 Å². The highest BCUT2D eigenvalue weighted by molar-refractivity contribution is 4.88. The molecular weight excluding hydrogens is 245 g/mol. The predicted octanol–water partition coefficient (Wildman–Crippen LogP) is 2.01. The van der Waals surface area contributed by atoms with Crippen LogP contribution in [0.1, 0.15) is 34.1 Å². The number of halogens is 3. The van der Waals surface area contributed by atoms with Crippen molar-refractivity contribution in [3.05, 3.63) is 0 Å². The van der Waals surface area contributed by atoms with Crippen molar-refractivity contribution in [2.24, 2.45) is 0 Å². The Morgan fingerprint density at radius 1 is 1.22 bits per heavy atom. The second kappa shape index (κ2) is 7.31. The Balaban J connectivity index is 4.61. The fourth-order valence-corrected chi connectivity index (χ4v) is 2.12. The molecule has 0 rings (SSSR count). The minimum atomic E-state index is -4.20. The molecule has 0 aromatic heterocycles. The molecular formula is C12H25F3N2O. The molecule has 2 N–H and O–H groups in total. The normalized spacial score (nSPS) is 16.3. The quantitative estimate of drug-likeness (QED) is 0.708. The zero-order chi connectivity index (χ0) is 14.4. The summed E-state index contributed by atoms with van der Waals surface area (Å²) in [4.78, 5) is 1.34. The fraction of sp³-hybridized carbons (Fsp3) is 1.00. The van der Waals surface area contributed by atoms with Gasteiger partial charge in [0.2, 0.25) is 0 Å². The van der Waals surface area contributed by atoms with Gasteiger partial charge < -0.3 is 10.4 Å². The lowest BCUT2D eigenvalue weighted by Gasteiger charge is -2.36. The standard InChI is InChI=1S/C12H25F3N2O/c1-5-6-17(8-12(13,14)15)7-11(4,9-18)16-10(2)3/h10,16,18H,5-9H2,1-4H3. The maximum atomic E-state index is 12.4. The van der Waals surface area contributed by atoms with E-state index in [-0.39, 0.29) is 19.2 Å². The minimum Gasteiger partial charge on any atom is -0.394 e. The molecule has 0 aromatic rings. The first kappa shape index (κ1) is 17.7. The summed E-state index contributed by atoms with van der Waals surface area (Å²) < 4.78 is 37.3. The molecule has 18 heavy (non-hydrogen) atoms. The molecule has 0 heterocycles. The first-order chi connectivity index (χ1) is 8.12. The predicted molar refractivity (Wildman–Crippen MR) is 66.5 cm³/mol. The number of rotatable bonds is 8. The van der Waals surface area contributed by atoms with E-state index >= 15 is 0 Å². The molecule has 0 aromatic carbocycles. The lowest BCUT2D eigenvalue weighted by Crippen LogP contribution is -2.57. The summed E-state index contributed by atoms with van der Waals surface area (Å²) >= 11 is 0. The highest BCUT2D eigenvalue weighted by Gasteiger charge is 2.34. The van der Waals surface area contributed by atoms with Gasteiger partial charge in [-0.05, 0) is 19.9 Å². The first-order valence-corrected chi connectivity index (χ1v) is 6.29. The molecule has 0 spiro atoms. The van der Waals surface area contributed by atoms with E-state index in [1.807, 2.05) is 20.8 Å². The summed E-state index contributed by atoms with van der Waals surface area (Å²) in [7, 11) is 0. The van der Waals surface area contributed by atoms with E-state index in [0.717, 1.165) is 0 Å². The second-order valence-electron chi connectivity index (χ2n) is 5.34. The topological polar surface area (TPSA) is 35.5 Å². The molecule has 0 bridgehead atoms. The van der Waals surface area contributed by atoms with Gasteiger partial charge in [-0.25, -0.2) is 0 Å². The highest BCUT2D eigenvalue weighted by atomic mass is 19.4. The van der Waals surface area contributed by atoms with Gasteiger partial charge in [0, 0.05) is 12.6 Å². The number of hydrogen-bond donors (Lipinski definition) is 2. The number of alkyl halides is 3. The van der Waals surface area contributed by atoms with Crippen LogP contribution in [0.3, 0.4) is 0 Å². The highest BCUT2D eigenvalue weighted by Crippen LogP contribution is 2.18. The molecule has 0 radical (unpaired) electrons. The van der Waals surface area contributed by atoms with Gasteiger partial charge in [-0.2, -0.15) is 13.2 Å². The van der Waals surface area contributed by atoms with Gasteiger partial charge in [0.1, 0.15) is 0 Å². The van der Waals surface area contributed by atoms with Crippen LogP contribution in [0.15, 0.2) is 0 Å². The minimum absolute atomic E-state index is 0.108. The molecule has 0 fully saturated rings. The van der Waals surface area contributed by atoms with Gasteiger partial charge in [0.25, 0.3) is 0 Å². The molecule has 1 atom stereocenters. The van der Waals surface area contributed by atoms with Crippen molar-refractivity contribution in [1.29, 1.82) is 0 Å². The molecule has 0 amide bonds. The third kappa shape index (κ3) is 7.89. The van der Waals surface area contributed by atoms with Crippen LogP contribution in [0, 0.1) is 0 Å². The van der Waals surface area contributed by atoms with Crippen LogP contribution >= 0.6 is 0 Å². The van der Waals surface area contributed by atoms with Gasteiger partial charge in [-0.1, -0.05) is 20.8 Å². The van der Waals surface area contributed by atoms with Gasteiger partial charge in [-0.3, -0.25) is 4.90 Å². The van der Waals surface area contributed by atoms with E-state index in [0.29, 0.717) is 13.0 Å².